The number of H-pyrrole nitrogens is 1. The molecule has 0 bridgehead atoms. The molecule has 3 N–H and O–H groups in total. The van der Waals surface area contributed by atoms with Gasteiger partial charge in [-0.3, -0.25) is 9.69 Å². The van der Waals surface area contributed by atoms with Crippen LogP contribution in [0.5, 0.6) is 11.5 Å². The van der Waals surface area contributed by atoms with Crippen molar-refractivity contribution in [3.63, 3.8) is 0 Å². The topological polar surface area (TPSA) is 113 Å². The normalized spacial score (nSPS) is 25.2. The van der Waals surface area contributed by atoms with Crippen molar-refractivity contribution in [2.45, 2.75) is 56.2 Å². The summed E-state index contributed by atoms with van der Waals surface area (Å²) < 4.78 is 16.2. The van der Waals surface area contributed by atoms with E-state index in [0.29, 0.717) is 30.9 Å². The third kappa shape index (κ3) is 4.96. The number of hydrogen-bond donors (Lipinski definition) is 3. The number of aromatic amines is 1. The van der Waals surface area contributed by atoms with Crippen LogP contribution >= 0.6 is 0 Å². The molecule has 1 aromatic heterocycles. The molecule has 9 heteroatoms. The van der Waals surface area contributed by atoms with Gasteiger partial charge in [-0.1, -0.05) is 37.1 Å². The highest BCUT2D eigenvalue weighted by Gasteiger charge is 2.49. The first-order valence-corrected chi connectivity index (χ1v) is 13.7. The predicted molar refractivity (Wildman–Crippen MR) is 144 cm³/mol. The number of aliphatic hydroxyl groups is 1. The summed E-state index contributed by atoms with van der Waals surface area (Å²) in [6.07, 6.45) is 6.51. The standard InChI is InChI=1S/C30H35N3O6/c1-37-29(35)24(14-20-16-31-23-8-3-2-6-21(20)23)32-27(34)17-33-13-12-30(36)11-5-4-7-22(30)28(33)19-9-10-25-26(15-19)39-18-38-25/h2-3,6,8-10,15-16,22,24,28,31,36H,4-5,7,11-14,17-18H2,1H3,(H,32,34)/t22-,24-,28-,30+/m0/s1. The van der Waals surface area contributed by atoms with E-state index in [1.807, 2.05) is 48.7 Å². The van der Waals surface area contributed by atoms with Crippen molar-refractivity contribution in [1.29, 1.82) is 0 Å². The number of benzene rings is 2. The van der Waals surface area contributed by atoms with E-state index in [0.717, 1.165) is 47.7 Å². The Morgan fingerprint density at radius 1 is 1.18 bits per heavy atom. The minimum atomic E-state index is -0.817. The molecule has 4 atom stereocenters. The van der Waals surface area contributed by atoms with Crippen LogP contribution in [0.2, 0.25) is 0 Å². The van der Waals surface area contributed by atoms with Gasteiger partial charge in [0.05, 0.1) is 19.3 Å². The van der Waals surface area contributed by atoms with Gasteiger partial charge < -0.3 is 29.6 Å². The van der Waals surface area contributed by atoms with Crippen LogP contribution in [-0.4, -0.2) is 65.5 Å². The van der Waals surface area contributed by atoms with Crippen LogP contribution in [-0.2, 0) is 20.7 Å². The molecule has 6 rings (SSSR count). The number of hydrogen-bond acceptors (Lipinski definition) is 7. The van der Waals surface area contributed by atoms with Crippen molar-refractivity contribution in [2.24, 2.45) is 5.92 Å². The number of methoxy groups -OCH3 is 1. The third-order valence-corrected chi connectivity index (χ3v) is 8.68. The lowest BCUT2D eigenvalue weighted by Crippen LogP contribution is -2.57. The van der Waals surface area contributed by atoms with E-state index >= 15 is 0 Å². The zero-order valence-electron chi connectivity index (χ0n) is 22.2. The molecule has 1 saturated heterocycles. The Balaban J connectivity index is 1.23. The monoisotopic (exact) mass is 533 g/mol. The minimum Gasteiger partial charge on any atom is -0.467 e. The molecular weight excluding hydrogens is 498 g/mol. The van der Waals surface area contributed by atoms with E-state index in [9.17, 15) is 14.7 Å². The molecular formula is C30H35N3O6. The number of aromatic nitrogens is 1. The fraction of sp³-hybridized carbons (Fsp3) is 0.467. The Morgan fingerprint density at radius 2 is 2.03 bits per heavy atom. The summed E-state index contributed by atoms with van der Waals surface area (Å²) >= 11 is 0. The summed E-state index contributed by atoms with van der Waals surface area (Å²) in [4.78, 5) is 31.5. The van der Waals surface area contributed by atoms with Crippen LogP contribution in [0.1, 0.15) is 49.3 Å². The van der Waals surface area contributed by atoms with Gasteiger partial charge in [0.25, 0.3) is 0 Å². The summed E-state index contributed by atoms with van der Waals surface area (Å²) in [6, 6.07) is 12.8. The molecule has 3 aromatic rings. The predicted octanol–water partition coefficient (Wildman–Crippen LogP) is 3.47. The number of nitrogens with zero attached hydrogens (tertiary/aromatic N) is 1. The zero-order valence-corrected chi connectivity index (χ0v) is 22.2. The largest absolute Gasteiger partial charge is 0.467 e. The van der Waals surface area contributed by atoms with Crippen molar-refractivity contribution in [1.82, 2.24) is 15.2 Å². The fourth-order valence-corrected chi connectivity index (χ4v) is 6.74. The summed E-state index contributed by atoms with van der Waals surface area (Å²) in [6.45, 7) is 0.867. The molecule has 1 aliphatic carbocycles. The number of piperidine rings is 1. The van der Waals surface area contributed by atoms with Crippen molar-refractivity contribution in [3.8, 4) is 11.5 Å². The zero-order chi connectivity index (χ0) is 27.0. The van der Waals surface area contributed by atoms with Gasteiger partial charge in [-0.25, -0.2) is 4.79 Å². The van der Waals surface area contributed by atoms with Crippen LogP contribution in [0.4, 0.5) is 0 Å². The number of ether oxygens (including phenoxy) is 3. The Kier molecular flexibility index (Phi) is 6.95. The van der Waals surface area contributed by atoms with Gasteiger partial charge in [-0.05, 0) is 48.6 Å². The molecule has 2 fully saturated rings. The molecule has 2 aliphatic heterocycles. The molecule has 0 radical (unpaired) electrons. The average Bonchev–Trinajstić information content (AvgIpc) is 3.59. The maximum Gasteiger partial charge on any atom is 0.328 e. The number of rotatable bonds is 7. The van der Waals surface area contributed by atoms with Gasteiger partial charge in [-0.2, -0.15) is 0 Å². The number of fused-ring (bicyclic) bond motifs is 3. The molecule has 3 aliphatic rings. The van der Waals surface area contributed by atoms with Crippen molar-refractivity contribution >= 4 is 22.8 Å². The lowest BCUT2D eigenvalue weighted by atomic mass is 9.66. The summed E-state index contributed by atoms with van der Waals surface area (Å²) in [7, 11) is 1.33. The van der Waals surface area contributed by atoms with E-state index < -0.39 is 17.6 Å². The SMILES string of the molecule is COC(=O)[C@H](Cc1c[nH]c2ccccc12)NC(=O)CN1CC[C@]2(O)CCCC[C@H]2[C@@H]1c1ccc2c(c1)OCO2. The molecule has 39 heavy (non-hydrogen) atoms. The summed E-state index contributed by atoms with van der Waals surface area (Å²) in [5.74, 6) is 0.650. The maximum atomic E-state index is 13.5. The quantitative estimate of drug-likeness (QED) is 0.399. The second-order valence-electron chi connectivity index (χ2n) is 10.9. The molecule has 1 amide bonds. The number of carbonyl (C=O) groups is 2. The Labute approximate surface area is 227 Å². The molecule has 9 nitrogen and oxygen atoms in total. The van der Waals surface area contributed by atoms with Crippen LogP contribution in [0.25, 0.3) is 10.9 Å². The molecule has 0 unspecified atom stereocenters. The van der Waals surface area contributed by atoms with Crippen molar-refractivity contribution in [2.75, 3.05) is 27.0 Å². The highest BCUT2D eigenvalue weighted by atomic mass is 16.7. The van der Waals surface area contributed by atoms with Gasteiger partial charge in [-0.15, -0.1) is 0 Å². The van der Waals surface area contributed by atoms with Gasteiger partial charge in [0.2, 0.25) is 12.7 Å². The highest BCUT2D eigenvalue weighted by molar-refractivity contribution is 5.88. The Morgan fingerprint density at radius 3 is 2.90 bits per heavy atom. The average molecular weight is 534 g/mol. The highest BCUT2D eigenvalue weighted by Crippen LogP contribution is 2.50. The second-order valence-corrected chi connectivity index (χ2v) is 10.9. The second kappa shape index (κ2) is 10.5. The van der Waals surface area contributed by atoms with Gasteiger partial charge in [0.1, 0.15) is 6.04 Å². The van der Waals surface area contributed by atoms with Crippen LogP contribution in [0, 0.1) is 5.92 Å². The number of likely N-dealkylation sites (tertiary alicyclic amines) is 1. The lowest BCUT2D eigenvalue weighted by molar-refractivity contribution is -0.146. The van der Waals surface area contributed by atoms with E-state index in [4.69, 9.17) is 14.2 Å². The number of amides is 1. The number of esters is 1. The minimum absolute atomic E-state index is 0.00389. The lowest BCUT2D eigenvalue weighted by Gasteiger charge is -2.52. The molecule has 206 valence electrons. The number of nitrogens with one attached hydrogen (secondary N) is 2. The van der Waals surface area contributed by atoms with E-state index in [2.05, 4.69) is 15.2 Å². The fourth-order valence-electron chi connectivity index (χ4n) is 6.74. The number of carbonyl (C=O) groups excluding carboxylic acids is 2. The van der Waals surface area contributed by atoms with E-state index in [1.54, 1.807) is 0 Å². The van der Waals surface area contributed by atoms with Gasteiger partial charge in [0, 0.05) is 42.0 Å². The molecule has 3 heterocycles. The van der Waals surface area contributed by atoms with E-state index in [1.165, 1.54) is 7.11 Å². The van der Waals surface area contributed by atoms with Crippen molar-refractivity contribution < 1.29 is 28.9 Å². The van der Waals surface area contributed by atoms with Crippen LogP contribution in [0.15, 0.2) is 48.7 Å². The summed E-state index contributed by atoms with van der Waals surface area (Å²) in [5, 5.41) is 15.5. The molecule has 2 aromatic carbocycles. The molecule has 0 spiro atoms. The maximum absolute atomic E-state index is 13.5. The van der Waals surface area contributed by atoms with Crippen LogP contribution < -0.4 is 14.8 Å². The smallest absolute Gasteiger partial charge is 0.328 e. The first-order valence-electron chi connectivity index (χ1n) is 13.7. The first-order chi connectivity index (χ1) is 18.9. The van der Waals surface area contributed by atoms with Crippen molar-refractivity contribution in [3.05, 3.63) is 59.8 Å². The van der Waals surface area contributed by atoms with Crippen LogP contribution in [0.3, 0.4) is 0 Å². The molecule has 1 saturated carbocycles. The third-order valence-electron chi connectivity index (χ3n) is 8.68. The van der Waals surface area contributed by atoms with Gasteiger partial charge in [0.15, 0.2) is 11.5 Å². The Hall–Kier alpha value is -3.56. The van der Waals surface area contributed by atoms with E-state index in [-0.39, 0.29) is 31.2 Å². The Bertz CT molecular complexity index is 1370. The summed E-state index contributed by atoms with van der Waals surface area (Å²) in [5.41, 5.74) is 2.16. The first kappa shape index (κ1) is 25.7. The number of para-hydroxylation sites is 1. The van der Waals surface area contributed by atoms with Gasteiger partial charge >= 0.3 is 5.97 Å².